The van der Waals surface area contributed by atoms with Gasteiger partial charge in [0, 0.05) is 19.0 Å². The molecule has 5 heteroatoms. The molecular formula is C14H15BrN2OS. The zero-order valence-electron chi connectivity index (χ0n) is 10.5. The van der Waals surface area contributed by atoms with E-state index in [1.165, 1.54) is 9.71 Å². The summed E-state index contributed by atoms with van der Waals surface area (Å²) in [7, 11) is 0. The van der Waals surface area contributed by atoms with Crippen molar-refractivity contribution in [3.8, 4) is 0 Å². The average Bonchev–Trinajstić information content (AvgIpc) is 2.90. The number of piperidine rings is 1. The molecule has 1 saturated heterocycles. The Morgan fingerprint density at radius 1 is 1.37 bits per heavy atom. The summed E-state index contributed by atoms with van der Waals surface area (Å²) < 4.78 is 1.26. The number of aromatic nitrogens is 1. The van der Waals surface area contributed by atoms with Crippen LogP contribution in [0.5, 0.6) is 0 Å². The fourth-order valence-corrected chi connectivity index (χ4v) is 4.02. The van der Waals surface area contributed by atoms with Crippen LogP contribution >= 0.6 is 27.3 Å². The Bertz CT molecular complexity index is 557. The molecule has 3 rings (SSSR count). The number of amides is 1. The van der Waals surface area contributed by atoms with E-state index in [1.54, 1.807) is 11.3 Å². The van der Waals surface area contributed by atoms with Crippen LogP contribution in [-0.2, 0) is 4.79 Å². The SMILES string of the molecule is O=C(CBr)N1CCC(c2nc3ccccc3s2)CC1. The standard InChI is InChI=1S/C14H15BrN2OS/c15-9-13(18)17-7-5-10(6-8-17)14-16-11-3-1-2-4-12(11)19-14/h1-4,10H,5-9H2. The van der Waals surface area contributed by atoms with Crippen molar-refractivity contribution in [2.45, 2.75) is 18.8 Å². The molecule has 1 fully saturated rings. The summed E-state index contributed by atoms with van der Waals surface area (Å²) in [5.41, 5.74) is 1.10. The summed E-state index contributed by atoms with van der Waals surface area (Å²) in [5.74, 6) is 0.708. The van der Waals surface area contributed by atoms with Crippen molar-refractivity contribution in [3.63, 3.8) is 0 Å². The Morgan fingerprint density at radius 3 is 2.79 bits per heavy atom. The number of carbonyl (C=O) groups is 1. The first-order valence-electron chi connectivity index (χ1n) is 6.47. The lowest BCUT2D eigenvalue weighted by atomic mass is 9.97. The summed E-state index contributed by atoms with van der Waals surface area (Å²) in [6.45, 7) is 1.70. The highest BCUT2D eigenvalue weighted by Crippen LogP contribution is 2.33. The molecule has 1 amide bonds. The van der Waals surface area contributed by atoms with Crippen molar-refractivity contribution in [1.29, 1.82) is 0 Å². The third-order valence-corrected chi connectivity index (χ3v) is 5.30. The van der Waals surface area contributed by atoms with Crippen LogP contribution in [0, 0.1) is 0 Å². The predicted molar refractivity (Wildman–Crippen MR) is 82.0 cm³/mol. The van der Waals surface area contributed by atoms with Crippen molar-refractivity contribution < 1.29 is 4.79 Å². The van der Waals surface area contributed by atoms with E-state index < -0.39 is 0 Å². The van der Waals surface area contributed by atoms with E-state index in [0.717, 1.165) is 31.4 Å². The van der Waals surface area contributed by atoms with Crippen LogP contribution in [0.3, 0.4) is 0 Å². The van der Waals surface area contributed by atoms with Crippen molar-refractivity contribution in [1.82, 2.24) is 9.88 Å². The van der Waals surface area contributed by atoms with E-state index in [1.807, 2.05) is 11.0 Å². The van der Waals surface area contributed by atoms with Crippen LogP contribution in [0.15, 0.2) is 24.3 Å². The van der Waals surface area contributed by atoms with Gasteiger partial charge in [0.1, 0.15) is 0 Å². The molecule has 2 heterocycles. The van der Waals surface area contributed by atoms with Gasteiger partial charge in [-0.25, -0.2) is 4.98 Å². The zero-order chi connectivity index (χ0) is 13.2. The Kier molecular flexibility index (Phi) is 3.84. The van der Waals surface area contributed by atoms with Gasteiger partial charge in [-0.15, -0.1) is 11.3 Å². The van der Waals surface area contributed by atoms with Crippen LogP contribution in [0.1, 0.15) is 23.8 Å². The van der Waals surface area contributed by atoms with Gasteiger partial charge in [0.15, 0.2) is 0 Å². The molecule has 0 bridgehead atoms. The third-order valence-electron chi connectivity index (χ3n) is 3.62. The van der Waals surface area contributed by atoms with Crippen LogP contribution in [-0.4, -0.2) is 34.2 Å². The van der Waals surface area contributed by atoms with E-state index in [4.69, 9.17) is 4.98 Å². The Labute approximate surface area is 124 Å². The van der Waals surface area contributed by atoms with Gasteiger partial charge >= 0.3 is 0 Å². The minimum atomic E-state index is 0.197. The smallest absolute Gasteiger partial charge is 0.233 e. The molecule has 0 unspecified atom stereocenters. The van der Waals surface area contributed by atoms with Gasteiger partial charge in [0.05, 0.1) is 20.6 Å². The molecule has 1 aromatic heterocycles. The minimum Gasteiger partial charge on any atom is -0.342 e. The number of nitrogens with zero attached hydrogens (tertiary/aromatic N) is 2. The van der Waals surface area contributed by atoms with Crippen LogP contribution in [0.25, 0.3) is 10.2 Å². The molecule has 100 valence electrons. The van der Waals surface area contributed by atoms with Gasteiger partial charge in [0.25, 0.3) is 0 Å². The fraction of sp³-hybridized carbons (Fsp3) is 0.429. The van der Waals surface area contributed by atoms with Gasteiger partial charge in [-0.05, 0) is 25.0 Å². The molecular weight excluding hydrogens is 324 g/mol. The number of alkyl halides is 1. The Hall–Kier alpha value is -0.940. The fourth-order valence-electron chi connectivity index (χ4n) is 2.53. The van der Waals surface area contributed by atoms with Gasteiger partial charge in [-0.2, -0.15) is 0 Å². The van der Waals surface area contributed by atoms with Gasteiger partial charge in [0.2, 0.25) is 5.91 Å². The van der Waals surface area contributed by atoms with Crippen molar-refractivity contribution >= 4 is 43.4 Å². The number of thiazole rings is 1. The lowest BCUT2D eigenvalue weighted by Gasteiger charge is -2.30. The summed E-state index contributed by atoms with van der Waals surface area (Å²) in [6.07, 6.45) is 2.05. The highest BCUT2D eigenvalue weighted by Gasteiger charge is 2.25. The maximum atomic E-state index is 11.6. The number of carbonyl (C=O) groups excluding carboxylic acids is 1. The molecule has 1 aliphatic rings. The number of rotatable bonds is 2. The molecule has 0 aliphatic carbocycles. The normalized spacial score (nSPS) is 17.0. The van der Waals surface area contributed by atoms with E-state index in [9.17, 15) is 4.79 Å². The molecule has 2 aromatic rings. The largest absolute Gasteiger partial charge is 0.342 e. The molecule has 0 spiro atoms. The van der Waals surface area contributed by atoms with E-state index in [2.05, 4.69) is 34.1 Å². The molecule has 0 atom stereocenters. The Balaban J connectivity index is 1.72. The first-order valence-corrected chi connectivity index (χ1v) is 8.41. The second kappa shape index (κ2) is 5.59. The maximum Gasteiger partial charge on any atom is 0.233 e. The monoisotopic (exact) mass is 338 g/mol. The zero-order valence-corrected chi connectivity index (χ0v) is 12.9. The van der Waals surface area contributed by atoms with Crippen LogP contribution in [0.2, 0.25) is 0 Å². The summed E-state index contributed by atoms with van der Waals surface area (Å²) in [6, 6.07) is 8.28. The highest BCUT2D eigenvalue weighted by atomic mass is 79.9. The van der Waals surface area contributed by atoms with E-state index in [0.29, 0.717) is 11.2 Å². The van der Waals surface area contributed by atoms with Gasteiger partial charge in [-0.1, -0.05) is 28.1 Å². The van der Waals surface area contributed by atoms with Gasteiger partial charge in [-0.3, -0.25) is 4.79 Å². The summed E-state index contributed by atoms with van der Waals surface area (Å²) in [5, 5.41) is 1.66. The summed E-state index contributed by atoms with van der Waals surface area (Å²) in [4.78, 5) is 18.3. The first kappa shape index (κ1) is 13.1. The second-order valence-electron chi connectivity index (χ2n) is 4.81. The summed E-state index contributed by atoms with van der Waals surface area (Å²) >= 11 is 5.03. The highest BCUT2D eigenvalue weighted by molar-refractivity contribution is 9.09. The van der Waals surface area contributed by atoms with Gasteiger partial charge < -0.3 is 4.90 Å². The van der Waals surface area contributed by atoms with Crippen LogP contribution < -0.4 is 0 Å². The molecule has 0 N–H and O–H groups in total. The number of hydrogen-bond donors (Lipinski definition) is 0. The molecule has 0 saturated carbocycles. The number of fused-ring (bicyclic) bond motifs is 1. The average molecular weight is 339 g/mol. The van der Waals surface area contributed by atoms with E-state index >= 15 is 0 Å². The van der Waals surface area contributed by atoms with Crippen molar-refractivity contribution in [3.05, 3.63) is 29.3 Å². The lowest BCUT2D eigenvalue weighted by Crippen LogP contribution is -2.38. The molecule has 0 radical (unpaired) electrons. The second-order valence-corrected chi connectivity index (χ2v) is 6.43. The Morgan fingerprint density at radius 2 is 2.11 bits per heavy atom. The first-order chi connectivity index (χ1) is 9.28. The number of halogens is 1. The number of likely N-dealkylation sites (tertiary alicyclic amines) is 1. The molecule has 3 nitrogen and oxygen atoms in total. The molecule has 1 aliphatic heterocycles. The predicted octanol–water partition coefficient (Wildman–Crippen LogP) is 3.40. The molecule has 19 heavy (non-hydrogen) atoms. The number of para-hydroxylation sites is 1. The third kappa shape index (κ3) is 2.67. The lowest BCUT2D eigenvalue weighted by molar-refractivity contribution is -0.129. The van der Waals surface area contributed by atoms with E-state index in [-0.39, 0.29) is 5.91 Å². The minimum absolute atomic E-state index is 0.197. The molecule has 1 aromatic carbocycles. The number of hydrogen-bond acceptors (Lipinski definition) is 3. The number of benzene rings is 1. The van der Waals surface area contributed by atoms with Crippen molar-refractivity contribution in [2.75, 3.05) is 18.4 Å². The topological polar surface area (TPSA) is 33.2 Å². The maximum absolute atomic E-state index is 11.6. The van der Waals surface area contributed by atoms with Crippen molar-refractivity contribution in [2.24, 2.45) is 0 Å². The quantitative estimate of drug-likeness (QED) is 0.786. The van der Waals surface area contributed by atoms with Crippen LogP contribution in [0.4, 0.5) is 0 Å².